The van der Waals surface area contributed by atoms with Crippen molar-refractivity contribution in [2.75, 3.05) is 13.1 Å². The molecule has 1 unspecified atom stereocenters. The fraction of sp³-hybridized carbons (Fsp3) is 0.615. The lowest BCUT2D eigenvalue weighted by Crippen LogP contribution is -2.40. The van der Waals surface area contributed by atoms with E-state index in [1.807, 2.05) is 17.9 Å². The van der Waals surface area contributed by atoms with Gasteiger partial charge in [0.2, 0.25) is 0 Å². The first-order chi connectivity index (χ1) is 8.09. The van der Waals surface area contributed by atoms with Gasteiger partial charge < -0.3 is 9.32 Å². The SMILES string of the molecule is Cc1ccoc1C(=O)N1CCC(C(C)Br)CC1. The Morgan fingerprint density at radius 2 is 2.18 bits per heavy atom. The molecular weight excluding hydrogens is 282 g/mol. The third kappa shape index (κ3) is 2.73. The van der Waals surface area contributed by atoms with Gasteiger partial charge in [-0.15, -0.1) is 0 Å². The number of alkyl halides is 1. The Morgan fingerprint density at radius 1 is 1.53 bits per heavy atom. The average molecular weight is 300 g/mol. The normalized spacial score (nSPS) is 19.4. The van der Waals surface area contributed by atoms with Crippen LogP contribution in [0.25, 0.3) is 0 Å². The number of piperidine rings is 1. The van der Waals surface area contributed by atoms with E-state index in [0.29, 0.717) is 16.5 Å². The Bertz CT molecular complexity index is 392. The summed E-state index contributed by atoms with van der Waals surface area (Å²) in [4.78, 5) is 14.6. The molecule has 2 heterocycles. The molecule has 1 aromatic rings. The lowest BCUT2D eigenvalue weighted by atomic mass is 9.94. The van der Waals surface area contributed by atoms with Crippen molar-refractivity contribution in [3.63, 3.8) is 0 Å². The van der Waals surface area contributed by atoms with Crippen molar-refractivity contribution in [3.05, 3.63) is 23.7 Å². The van der Waals surface area contributed by atoms with Crippen LogP contribution in [0.4, 0.5) is 0 Å². The van der Waals surface area contributed by atoms with Crippen LogP contribution in [0.2, 0.25) is 0 Å². The van der Waals surface area contributed by atoms with Crippen molar-refractivity contribution in [1.82, 2.24) is 4.90 Å². The molecule has 1 aromatic heterocycles. The van der Waals surface area contributed by atoms with Crippen molar-refractivity contribution in [1.29, 1.82) is 0 Å². The average Bonchev–Trinajstić information content (AvgIpc) is 2.74. The van der Waals surface area contributed by atoms with Gasteiger partial charge in [-0.1, -0.05) is 22.9 Å². The van der Waals surface area contributed by atoms with Crippen LogP contribution in [0.3, 0.4) is 0 Å². The van der Waals surface area contributed by atoms with Gasteiger partial charge >= 0.3 is 0 Å². The molecular formula is C13H18BrNO2. The maximum absolute atomic E-state index is 12.2. The summed E-state index contributed by atoms with van der Waals surface area (Å²) in [6.07, 6.45) is 3.71. The predicted octanol–water partition coefficient (Wildman–Crippen LogP) is 3.22. The Hall–Kier alpha value is -0.770. The van der Waals surface area contributed by atoms with E-state index in [2.05, 4.69) is 22.9 Å². The van der Waals surface area contributed by atoms with Crippen LogP contribution in [-0.2, 0) is 0 Å². The van der Waals surface area contributed by atoms with Gasteiger partial charge in [0.05, 0.1) is 6.26 Å². The Kier molecular flexibility index (Phi) is 3.92. The van der Waals surface area contributed by atoms with E-state index < -0.39 is 0 Å². The minimum atomic E-state index is 0.0353. The highest BCUT2D eigenvalue weighted by molar-refractivity contribution is 9.09. The molecule has 0 aromatic carbocycles. The van der Waals surface area contributed by atoms with Crippen molar-refractivity contribution in [2.24, 2.45) is 5.92 Å². The number of halogens is 1. The zero-order valence-corrected chi connectivity index (χ0v) is 11.9. The molecule has 3 nitrogen and oxygen atoms in total. The largest absolute Gasteiger partial charge is 0.459 e. The smallest absolute Gasteiger partial charge is 0.289 e. The maximum atomic E-state index is 12.2. The molecule has 1 aliphatic rings. The Balaban J connectivity index is 1.98. The highest BCUT2D eigenvalue weighted by Crippen LogP contribution is 2.26. The van der Waals surface area contributed by atoms with E-state index >= 15 is 0 Å². The lowest BCUT2D eigenvalue weighted by molar-refractivity contribution is 0.0658. The predicted molar refractivity (Wildman–Crippen MR) is 70.5 cm³/mol. The number of hydrogen-bond donors (Lipinski definition) is 0. The quantitative estimate of drug-likeness (QED) is 0.786. The number of carbonyl (C=O) groups excluding carboxylic acids is 1. The lowest BCUT2D eigenvalue weighted by Gasteiger charge is -2.32. The summed E-state index contributed by atoms with van der Waals surface area (Å²) < 4.78 is 5.25. The van der Waals surface area contributed by atoms with E-state index in [9.17, 15) is 4.79 Å². The number of hydrogen-bond acceptors (Lipinski definition) is 2. The molecule has 1 fully saturated rings. The molecule has 0 N–H and O–H groups in total. The van der Waals surface area contributed by atoms with Gasteiger partial charge in [0, 0.05) is 23.5 Å². The first kappa shape index (κ1) is 12.7. The number of furan rings is 1. The maximum Gasteiger partial charge on any atom is 0.289 e. The first-order valence-electron chi connectivity index (χ1n) is 6.07. The zero-order chi connectivity index (χ0) is 12.4. The second kappa shape index (κ2) is 5.25. The number of rotatable bonds is 2. The first-order valence-corrected chi connectivity index (χ1v) is 6.98. The van der Waals surface area contributed by atoms with Gasteiger partial charge in [0.25, 0.3) is 5.91 Å². The summed E-state index contributed by atoms with van der Waals surface area (Å²) in [5.41, 5.74) is 0.922. The van der Waals surface area contributed by atoms with Gasteiger partial charge in [0.15, 0.2) is 5.76 Å². The summed E-state index contributed by atoms with van der Waals surface area (Å²) in [6, 6.07) is 1.83. The molecule has 0 radical (unpaired) electrons. The second-order valence-electron chi connectivity index (χ2n) is 4.74. The minimum absolute atomic E-state index is 0.0353. The summed E-state index contributed by atoms with van der Waals surface area (Å²) in [7, 11) is 0. The summed E-state index contributed by atoms with van der Waals surface area (Å²) in [5.74, 6) is 1.21. The third-order valence-corrected chi connectivity index (χ3v) is 4.28. The molecule has 1 saturated heterocycles. The molecule has 0 saturated carbocycles. The fourth-order valence-corrected chi connectivity index (χ4v) is 2.83. The number of amides is 1. The molecule has 1 atom stereocenters. The van der Waals surface area contributed by atoms with E-state index in [4.69, 9.17) is 4.42 Å². The topological polar surface area (TPSA) is 33.5 Å². The standard InChI is InChI=1S/C13H18BrNO2/c1-9-5-8-17-12(9)13(16)15-6-3-11(4-7-15)10(2)14/h5,8,10-11H,3-4,6-7H2,1-2H3. The van der Waals surface area contributed by atoms with Crippen LogP contribution in [0.1, 0.15) is 35.9 Å². The Labute approximate surface area is 110 Å². The van der Waals surface area contributed by atoms with Crippen LogP contribution in [-0.4, -0.2) is 28.7 Å². The minimum Gasteiger partial charge on any atom is -0.459 e. The number of likely N-dealkylation sites (tertiary alicyclic amines) is 1. The monoisotopic (exact) mass is 299 g/mol. The molecule has 1 aliphatic heterocycles. The van der Waals surface area contributed by atoms with Gasteiger partial charge in [0.1, 0.15) is 0 Å². The van der Waals surface area contributed by atoms with Crippen LogP contribution < -0.4 is 0 Å². The molecule has 94 valence electrons. The Morgan fingerprint density at radius 3 is 2.65 bits per heavy atom. The number of nitrogens with zero attached hydrogens (tertiary/aromatic N) is 1. The number of carbonyl (C=O) groups is 1. The zero-order valence-electron chi connectivity index (χ0n) is 10.3. The van der Waals surface area contributed by atoms with Crippen molar-refractivity contribution in [2.45, 2.75) is 31.5 Å². The van der Waals surface area contributed by atoms with Crippen LogP contribution in [0.5, 0.6) is 0 Å². The van der Waals surface area contributed by atoms with E-state index in [1.165, 1.54) is 0 Å². The van der Waals surface area contributed by atoms with Crippen LogP contribution in [0, 0.1) is 12.8 Å². The highest BCUT2D eigenvalue weighted by Gasteiger charge is 2.27. The molecule has 1 amide bonds. The third-order valence-electron chi connectivity index (χ3n) is 3.53. The molecule has 4 heteroatoms. The van der Waals surface area contributed by atoms with Gasteiger partial charge in [-0.05, 0) is 31.7 Å². The van der Waals surface area contributed by atoms with Crippen molar-refractivity contribution in [3.8, 4) is 0 Å². The van der Waals surface area contributed by atoms with E-state index in [-0.39, 0.29) is 5.91 Å². The summed E-state index contributed by atoms with van der Waals surface area (Å²) in [5, 5.41) is 0. The van der Waals surface area contributed by atoms with E-state index in [0.717, 1.165) is 31.5 Å². The van der Waals surface area contributed by atoms with Gasteiger partial charge in [-0.3, -0.25) is 4.79 Å². The number of aryl methyl sites for hydroxylation is 1. The van der Waals surface area contributed by atoms with Crippen LogP contribution in [0.15, 0.2) is 16.7 Å². The molecule has 0 spiro atoms. The van der Waals surface area contributed by atoms with Crippen LogP contribution >= 0.6 is 15.9 Å². The van der Waals surface area contributed by atoms with E-state index in [1.54, 1.807) is 6.26 Å². The summed E-state index contributed by atoms with van der Waals surface area (Å²) in [6.45, 7) is 5.75. The highest BCUT2D eigenvalue weighted by atomic mass is 79.9. The molecule has 0 aliphatic carbocycles. The summed E-state index contributed by atoms with van der Waals surface area (Å²) >= 11 is 3.62. The van der Waals surface area contributed by atoms with Gasteiger partial charge in [-0.2, -0.15) is 0 Å². The van der Waals surface area contributed by atoms with Crippen molar-refractivity contribution < 1.29 is 9.21 Å². The molecule has 2 rings (SSSR count). The fourth-order valence-electron chi connectivity index (χ4n) is 2.30. The molecule has 0 bridgehead atoms. The molecule has 17 heavy (non-hydrogen) atoms. The van der Waals surface area contributed by atoms with Gasteiger partial charge in [-0.25, -0.2) is 0 Å². The van der Waals surface area contributed by atoms with Crippen molar-refractivity contribution >= 4 is 21.8 Å². The second-order valence-corrected chi connectivity index (χ2v) is 6.18.